The van der Waals surface area contributed by atoms with E-state index in [0.29, 0.717) is 44.7 Å². The Balaban J connectivity index is 1.75. The summed E-state index contributed by atoms with van der Waals surface area (Å²) in [7, 11) is 1.74. The van der Waals surface area contributed by atoms with Crippen LogP contribution in [0.5, 0.6) is 0 Å². The summed E-state index contributed by atoms with van der Waals surface area (Å²) in [6.45, 7) is 9.29. The number of likely N-dealkylation sites (tertiary alicyclic amines) is 1. The quantitative estimate of drug-likeness (QED) is 0.860. The van der Waals surface area contributed by atoms with Crippen molar-refractivity contribution in [1.82, 2.24) is 9.47 Å². The van der Waals surface area contributed by atoms with Gasteiger partial charge < -0.3 is 19.3 Å². The molecule has 2 atom stereocenters. The standard InChI is InChI=1S/C22H34N2O4/c1-6-18-15(4)11-17(20(26)23(18)5)21(27)24-9-7-22(8-10-24)13-16(25)12-19(28-22)14(2)3/h11,14,16,19,25H,6-10,12-13H2,1-5H3/t16-,19-/m1/s1. The second kappa shape index (κ2) is 7.99. The van der Waals surface area contributed by atoms with Crippen LogP contribution in [0.15, 0.2) is 10.9 Å². The van der Waals surface area contributed by atoms with Gasteiger partial charge >= 0.3 is 0 Å². The van der Waals surface area contributed by atoms with Crippen LogP contribution in [0.2, 0.25) is 0 Å². The van der Waals surface area contributed by atoms with Crippen molar-refractivity contribution in [3.05, 3.63) is 33.2 Å². The number of aryl methyl sites for hydroxylation is 1. The number of hydrogen-bond acceptors (Lipinski definition) is 4. The molecule has 1 aromatic heterocycles. The Kier molecular flexibility index (Phi) is 6.01. The van der Waals surface area contributed by atoms with E-state index in [9.17, 15) is 14.7 Å². The Hall–Kier alpha value is -1.66. The summed E-state index contributed by atoms with van der Waals surface area (Å²) < 4.78 is 8.01. The van der Waals surface area contributed by atoms with Crippen molar-refractivity contribution in [2.75, 3.05) is 13.1 Å². The van der Waals surface area contributed by atoms with Crippen LogP contribution in [-0.2, 0) is 18.2 Å². The van der Waals surface area contributed by atoms with Crippen molar-refractivity contribution in [2.45, 2.75) is 77.6 Å². The Morgan fingerprint density at radius 2 is 2.00 bits per heavy atom. The molecule has 0 unspecified atom stereocenters. The molecule has 6 heteroatoms. The fraction of sp³-hybridized carbons (Fsp3) is 0.727. The molecular formula is C22H34N2O4. The largest absolute Gasteiger partial charge is 0.393 e. The maximum Gasteiger partial charge on any atom is 0.263 e. The van der Waals surface area contributed by atoms with Gasteiger partial charge in [0.15, 0.2) is 0 Å². The molecule has 2 fully saturated rings. The molecule has 3 rings (SSSR count). The zero-order valence-corrected chi connectivity index (χ0v) is 17.8. The van der Waals surface area contributed by atoms with Crippen molar-refractivity contribution < 1.29 is 14.6 Å². The maximum absolute atomic E-state index is 13.1. The minimum Gasteiger partial charge on any atom is -0.393 e. The molecule has 0 aliphatic carbocycles. The molecule has 0 bridgehead atoms. The van der Waals surface area contributed by atoms with Crippen LogP contribution in [0.1, 0.15) is 68.1 Å². The number of aromatic nitrogens is 1. The number of ether oxygens (including phenoxy) is 1. The van der Waals surface area contributed by atoms with E-state index in [1.807, 2.05) is 13.8 Å². The van der Waals surface area contributed by atoms with Crippen molar-refractivity contribution in [1.29, 1.82) is 0 Å². The highest BCUT2D eigenvalue weighted by molar-refractivity contribution is 5.94. The van der Waals surface area contributed by atoms with Crippen molar-refractivity contribution in [2.24, 2.45) is 13.0 Å². The van der Waals surface area contributed by atoms with Crippen LogP contribution >= 0.6 is 0 Å². The third-order valence-corrected chi connectivity index (χ3v) is 6.54. The molecule has 0 radical (unpaired) electrons. The van der Waals surface area contributed by atoms with Gasteiger partial charge in [-0.05, 0) is 50.2 Å². The summed E-state index contributed by atoms with van der Waals surface area (Å²) in [5.74, 6) is 0.160. The van der Waals surface area contributed by atoms with Crippen LogP contribution in [0, 0.1) is 12.8 Å². The van der Waals surface area contributed by atoms with Gasteiger partial charge in [0.1, 0.15) is 5.56 Å². The highest BCUT2D eigenvalue weighted by Gasteiger charge is 2.44. The first kappa shape index (κ1) is 21.1. The van der Waals surface area contributed by atoms with E-state index in [-0.39, 0.29) is 34.8 Å². The van der Waals surface area contributed by atoms with Crippen LogP contribution in [-0.4, -0.2) is 51.4 Å². The number of pyridine rings is 1. The molecule has 1 spiro atoms. The third-order valence-electron chi connectivity index (χ3n) is 6.54. The number of carbonyl (C=O) groups excluding carboxylic acids is 1. The lowest BCUT2D eigenvalue weighted by Gasteiger charge is -2.48. The van der Waals surface area contributed by atoms with Crippen LogP contribution in [0.25, 0.3) is 0 Å². The minimum absolute atomic E-state index is 0.0579. The zero-order chi connectivity index (χ0) is 20.6. The first-order valence-electron chi connectivity index (χ1n) is 10.5. The normalized spacial score (nSPS) is 24.8. The van der Waals surface area contributed by atoms with E-state index in [2.05, 4.69) is 13.8 Å². The van der Waals surface area contributed by atoms with Crippen LogP contribution in [0.3, 0.4) is 0 Å². The van der Waals surface area contributed by atoms with E-state index < -0.39 is 0 Å². The molecular weight excluding hydrogens is 356 g/mol. The molecule has 28 heavy (non-hydrogen) atoms. The topological polar surface area (TPSA) is 71.8 Å². The lowest BCUT2D eigenvalue weighted by atomic mass is 9.80. The minimum atomic E-state index is -0.351. The number of hydrogen-bond donors (Lipinski definition) is 1. The fourth-order valence-corrected chi connectivity index (χ4v) is 4.81. The van der Waals surface area contributed by atoms with Gasteiger partial charge in [-0.1, -0.05) is 20.8 Å². The van der Waals surface area contributed by atoms with Gasteiger partial charge in [0, 0.05) is 32.3 Å². The van der Waals surface area contributed by atoms with E-state index >= 15 is 0 Å². The summed E-state index contributed by atoms with van der Waals surface area (Å²) in [5, 5.41) is 10.3. The summed E-state index contributed by atoms with van der Waals surface area (Å²) >= 11 is 0. The van der Waals surface area contributed by atoms with Gasteiger partial charge in [-0.25, -0.2) is 0 Å². The number of aliphatic hydroxyl groups is 1. The monoisotopic (exact) mass is 390 g/mol. The average molecular weight is 391 g/mol. The Morgan fingerprint density at radius 3 is 2.57 bits per heavy atom. The number of carbonyl (C=O) groups is 1. The first-order chi connectivity index (χ1) is 13.2. The molecule has 156 valence electrons. The number of piperidine rings is 1. The summed E-state index contributed by atoms with van der Waals surface area (Å²) in [6, 6.07) is 1.74. The van der Waals surface area contributed by atoms with Gasteiger partial charge in [-0.3, -0.25) is 9.59 Å². The molecule has 2 aliphatic heterocycles. The van der Waals surface area contributed by atoms with Crippen molar-refractivity contribution in [3.63, 3.8) is 0 Å². The van der Waals surface area contributed by atoms with E-state index in [1.165, 1.54) is 0 Å². The molecule has 0 saturated carbocycles. The maximum atomic E-state index is 13.1. The van der Waals surface area contributed by atoms with E-state index in [0.717, 1.165) is 17.7 Å². The highest BCUT2D eigenvalue weighted by Crippen LogP contribution is 2.39. The molecule has 1 aromatic rings. The van der Waals surface area contributed by atoms with Gasteiger partial charge in [0.05, 0.1) is 17.8 Å². The molecule has 1 N–H and O–H groups in total. The SMILES string of the molecule is CCc1c(C)cc(C(=O)N2CCC3(CC2)C[C@H](O)C[C@H](C(C)C)O3)c(=O)n1C. The Bertz CT molecular complexity index is 790. The number of nitrogens with zero attached hydrogens (tertiary/aromatic N) is 2. The number of rotatable bonds is 3. The zero-order valence-electron chi connectivity index (χ0n) is 17.8. The summed E-state index contributed by atoms with van der Waals surface area (Å²) in [4.78, 5) is 27.5. The van der Waals surface area contributed by atoms with Crippen molar-refractivity contribution in [3.8, 4) is 0 Å². The molecule has 0 aromatic carbocycles. The molecule has 2 aliphatic rings. The van der Waals surface area contributed by atoms with Gasteiger partial charge in [0.2, 0.25) is 0 Å². The summed E-state index contributed by atoms with van der Waals surface area (Å²) in [5.41, 5.74) is 1.61. The third kappa shape index (κ3) is 3.90. The smallest absolute Gasteiger partial charge is 0.263 e. The molecule has 6 nitrogen and oxygen atoms in total. The lowest BCUT2D eigenvalue weighted by Crippen LogP contribution is -2.55. The number of aliphatic hydroxyl groups excluding tert-OH is 1. The number of amides is 1. The van der Waals surface area contributed by atoms with Crippen LogP contribution < -0.4 is 5.56 Å². The van der Waals surface area contributed by atoms with Gasteiger partial charge in [-0.2, -0.15) is 0 Å². The van der Waals surface area contributed by atoms with E-state index in [4.69, 9.17) is 4.74 Å². The first-order valence-corrected chi connectivity index (χ1v) is 10.5. The average Bonchev–Trinajstić information content (AvgIpc) is 2.64. The van der Waals surface area contributed by atoms with Crippen molar-refractivity contribution >= 4 is 5.91 Å². The summed E-state index contributed by atoms with van der Waals surface area (Å²) in [6.07, 6.45) is 3.18. The molecule has 3 heterocycles. The fourth-order valence-electron chi connectivity index (χ4n) is 4.81. The second-order valence-corrected chi connectivity index (χ2v) is 8.87. The predicted octanol–water partition coefficient (Wildman–Crippen LogP) is 2.43. The molecule has 1 amide bonds. The Labute approximate surface area is 167 Å². The highest BCUT2D eigenvalue weighted by atomic mass is 16.5. The van der Waals surface area contributed by atoms with E-state index in [1.54, 1.807) is 22.6 Å². The van der Waals surface area contributed by atoms with Gasteiger partial charge in [0.25, 0.3) is 11.5 Å². The lowest BCUT2D eigenvalue weighted by molar-refractivity contribution is -0.190. The Morgan fingerprint density at radius 1 is 1.36 bits per heavy atom. The second-order valence-electron chi connectivity index (χ2n) is 8.87. The van der Waals surface area contributed by atoms with Crippen LogP contribution in [0.4, 0.5) is 0 Å². The van der Waals surface area contributed by atoms with Gasteiger partial charge in [-0.15, -0.1) is 0 Å². The predicted molar refractivity (Wildman–Crippen MR) is 109 cm³/mol. The molecule has 2 saturated heterocycles.